The molecule has 2 aromatic carbocycles. The molecule has 0 saturated carbocycles. The summed E-state index contributed by atoms with van der Waals surface area (Å²) >= 11 is 0. The van der Waals surface area contributed by atoms with E-state index >= 15 is 0 Å². The van der Waals surface area contributed by atoms with Gasteiger partial charge in [0.25, 0.3) is 0 Å². The van der Waals surface area contributed by atoms with Crippen molar-refractivity contribution < 1.29 is 21.7 Å². The molecule has 0 amide bonds. The zero-order valence-corrected chi connectivity index (χ0v) is 14.9. The van der Waals surface area contributed by atoms with Crippen molar-refractivity contribution in [3.05, 3.63) is 71.1 Å². The number of aromatic nitrogens is 2. The molecule has 0 fully saturated rings. The van der Waals surface area contributed by atoms with Crippen LogP contribution in [0.25, 0.3) is 11.4 Å². The number of halogens is 2. The molecule has 26 heavy (non-hydrogen) atoms. The Balaban J connectivity index is 1.83. The van der Waals surface area contributed by atoms with Crippen LogP contribution in [0.2, 0.25) is 0 Å². The van der Waals surface area contributed by atoms with Crippen LogP contribution in [0.5, 0.6) is 0 Å². The highest BCUT2D eigenvalue weighted by molar-refractivity contribution is 7.90. The Labute approximate surface area is 149 Å². The molecule has 0 radical (unpaired) electrons. The maximum absolute atomic E-state index is 13.7. The molecule has 136 valence electrons. The minimum atomic E-state index is -3.66. The van der Waals surface area contributed by atoms with Crippen molar-refractivity contribution in [1.29, 1.82) is 0 Å². The molecule has 0 aliphatic carbocycles. The van der Waals surface area contributed by atoms with Crippen LogP contribution in [0.1, 0.15) is 29.2 Å². The van der Waals surface area contributed by atoms with Crippen molar-refractivity contribution in [3.8, 4) is 11.4 Å². The minimum absolute atomic E-state index is 0.0805. The largest absolute Gasteiger partial charge is 0.338 e. The quantitative estimate of drug-likeness (QED) is 0.671. The van der Waals surface area contributed by atoms with Gasteiger partial charge in [0.2, 0.25) is 11.7 Å². The number of aryl methyl sites for hydroxylation is 1. The normalized spacial score (nSPS) is 12.9. The lowest BCUT2D eigenvalue weighted by molar-refractivity contribution is 0.377. The first kappa shape index (κ1) is 18.2. The zero-order chi connectivity index (χ0) is 18.9. The Morgan fingerprint density at radius 1 is 1.12 bits per heavy atom. The first-order valence-electron chi connectivity index (χ1n) is 7.82. The fourth-order valence-electron chi connectivity index (χ4n) is 2.34. The lowest BCUT2D eigenvalue weighted by Gasteiger charge is -2.08. The van der Waals surface area contributed by atoms with E-state index in [1.807, 2.05) is 0 Å². The maximum Gasteiger partial charge on any atom is 0.245 e. The predicted octanol–water partition coefficient (Wildman–Crippen LogP) is 4.00. The highest BCUT2D eigenvalue weighted by Gasteiger charge is 2.28. The molecule has 8 heteroatoms. The van der Waals surface area contributed by atoms with Gasteiger partial charge in [0, 0.05) is 5.56 Å². The number of hydrogen-bond donors (Lipinski definition) is 0. The first-order valence-corrected chi connectivity index (χ1v) is 9.54. The SMILES string of the molecule is Cc1ccc(-c2noc(C(C)S(=O)(=O)Cc3ccc(F)cc3)n2)cc1F. The summed E-state index contributed by atoms with van der Waals surface area (Å²) in [5, 5.41) is 2.69. The highest BCUT2D eigenvalue weighted by Crippen LogP contribution is 2.27. The van der Waals surface area contributed by atoms with Crippen LogP contribution >= 0.6 is 0 Å². The molecule has 1 atom stereocenters. The molecule has 1 unspecified atom stereocenters. The second kappa shape index (κ2) is 6.95. The monoisotopic (exact) mass is 378 g/mol. The number of hydrogen-bond acceptors (Lipinski definition) is 5. The van der Waals surface area contributed by atoms with Gasteiger partial charge in [-0.2, -0.15) is 4.98 Å². The molecule has 3 rings (SSSR count). The molecular weight excluding hydrogens is 362 g/mol. The van der Waals surface area contributed by atoms with Crippen molar-refractivity contribution in [2.24, 2.45) is 0 Å². The zero-order valence-electron chi connectivity index (χ0n) is 14.1. The second-order valence-electron chi connectivity index (χ2n) is 6.00. The van der Waals surface area contributed by atoms with E-state index in [2.05, 4.69) is 10.1 Å². The van der Waals surface area contributed by atoms with Gasteiger partial charge in [-0.1, -0.05) is 29.4 Å². The van der Waals surface area contributed by atoms with Crippen LogP contribution < -0.4 is 0 Å². The van der Waals surface area contributed by atoms with E-state index < -0.39 is 26.7 Å². The molecule has 0 aliphatic rings. The van der Waals surface area contributed by atoms with Gasteiger partial charge in [-0.15, -0.1) is 0 Å². The van der Waals surface area contributed by atoms with Crippen LogP contribution in [0.4, 0.5) is 8.78 Å². The van der Waals surface area contributed by atoms with Crippen molar-refractivity contribution in [1.82, 2.24) is 10.1 Å². The van der Waals surface area contributed by atoms with Gasteiger partial charge in [-0.05, 0) is 43.2 Å². The average Bonchev–Trinajstić information content (AvgIpc) is 3.08. The topological polar surface area (TPSA) is 73.1 Å². The minimum Gasteiger partial charge on any atom is -0.338 e. The summed E-state index contributed by atoms with van der Waals surface area (Å²) in [6.07, 6.45) is 0. The number of rotatable bonds is 5. The number of benzene rings is 2. The van der Waals surface area contributed by atoms with Gasteiger partial charge in [-0.3, -0.25) is 0 Å². The summed E-state index contributed by atoms with van der Waals surface area (Å²) in [7, 11) is -3.66. The van der Waals surface area contributed by atoms with Crippen molar-refractivity contribution in [2.45, 2.75) is 24.9 Å². The third kappa shape index (κ3) is 3.80. The molecule has 5 nitrogen and oxygen atoms in total. The molecule has 0 bridgehead atoms. The van der Waals surface area contributed by atoms with Gasteiger partial charge >= 0.3 is 0 Å². The molecule has 0 saturated heterocycles. The highest BCUT2D eigenvalue weighted by atomic mass is 32.2. The van der Waals surface area contributed by atoms with Gasteiger partial charge in [0.15, 0.2) is 9.84 Å². The van der Waals surface area contributed by atoms with Crippen LogP contribution in [0.15, 0.2) is 47.0 Å². The number of sulfone groups is 1. The Kier molecular flexibility index (Phi) is 4.86. The fourth-order valence-corrected chi connectivity index (χ4v) is 3.65. The third-order valence-electron chi connectivity index (χ3n) is 4.04. The Bertz CT molecular complexity index is 1030. The fraction of sp³-hybridized carbons (Fsp3) is 0.222. The standard InChI is InChI=1S/C18H16F2N2O3S/c1-11-3-6-14(9-16(11)20)17-21-18(25-22-17)12(2)26(23,24)10-13-4-7-15(19)8-5-13/h3-9,12H,10H2,1-2H3. The Morgan fingerprint density at radius 2 is 1.81 bits per heavy atom. The van der Waals surface area contributed by atoms with Gasteiger partial charge in [0.1, 0.15) is 16.9 Å². The van der Waals surface area contributed by atoms with E-state index in [9.17, 15) is 17.2 Å². The number of nitrogens with zero attached hydrogens (tertiary/aromatic N) is 2. The molecule has 0 spiro atoms. The maximum atomic E-state index is 13.7. The van der Waals surface area contributed by atoms with E-state index in [-0.39, 0.29) is 17.5 Å². The van der Waals surface area contributed by atoms with Gasteiger partial charge < -0.3 is 4.52 Å². The lowest BCUT2D eigenvalue weighted by Crippen LogP contribution is -2.13. The molecule has 1 aromatic heterocycles. The summed E-state index contributed by atoms with van der Waals surface area (Å²) in [4.78, 5) is 4.09. The van der Waals surface area contributed by atoms with E-state index in [0.29, 0.717) is 16.7 Å². The summed E-state index contributed by atoms with van der Waals surface area (Å²) in [6.45, 7) is 3.07. The van der Waals surface area contributed by atoms with Crippen LogP contribution in [0, 0.1) is 18.6 Å². The second-order valence-corrected chi connectivity index (χ2v) is 8.32. The summed E-state index contributed by atoms with van der Waals surface area (Å²) in [5.74, 6) is -1.10. The Morgan fingerprint density at radius 3 is 2.46 bits per heavy atom. The van der Waals surface area contributed by atoms with Crippen molar-refractivity contribution >= 4 is 9.84 Å². The summed E-state index contributed by atoms with van der Waals surface area (Å²) in [5.41, 5.74) is 1.33. The van der Waals surface area contributed by atoms with E-state index in [1.165, 1.54) is 37.3 Å². The Hall–Kier alpha value is -2.61. The van der Waals surface area contributed by atoms with Gasteiger partial charge in [-0.25, -0.2) is 17.2 Å². The van der Waals surface area contributed by atoms with Crippen LogP contribution in [-0.2, 0) is 15.6 Å². The lowest BCUT2D eigenvalue weighted by atomic mass is 10.1. The summed E-state index contributed by atoms with van der Waals surface area (Å²) < 4.78 is 56.8. The van der Waals surface area contributed by atoms with E-state index in [0.717, 1.165) is 0 Å². The van der Waals surface area contributed by atoms with Crippen LogP contribution in [0.3, 0.4) is 0 Å². The smallest absolute Gasteiger partial charge is 0.245 e. The van der Waals surface area contributed by atoms with E-state index in [4.69, 9.17) is 4.52 Å². The predicted molar refractivity (Wildman–Crippen MR) is 91.9 cm³/mol. The molecule has 1 heterocycles. The molecule has 0 N–H and O–H groups in total. The first-order chi connectivity index (χ1) is 12.3. The van der Waals surface area contributed by atoms with Gasteiger partial charge in [0.05, 0.1) is 5.75 Å². The molecule has 0 aliphatic heterocycles. The average molecular weight is 378 g/mol. The molecule has 3 aromatic rings. The van der Waals surface area contributed by atoms with Crippen molar-refractivity contribution in [3.63, 3.8) is 0 Å². The van der Waals surface area contributed by atoms with Crippen LogP contribution in [-0.4, -0.2) is 18.6 Å². The molecular formula is C18H16F2N2O3S. The summed E-state index contributed by atoms with van der Waals surface area (Å²) in [6, 6.07) is 9.70. The third-order valence-corrected chi connectivity index (χ3v) is 6.05. The van der Waals surface area contributed by atoms with Crippen molar-refractivity contribution in [2.75, 3.05) is 0 Å². The van der Waals surface area contributed by atoms with E-state index in [1.54, 1.807) is 19.1 Å².